The highest BCUT2D eigenvalue weighted by Gasteiger charge is 2.47. The number of benzene rings is 1. The summed E-state index contributed by atoms with van der Waals surface area (Å²) >= 11 is 0. The molecule has 4 N–H and O–H groups in total. The average Bonchev–Trinajstić information content (AvgIpc) is 2.34. The number of nitrogens with one attached hydrogen (secondary N) is 1. The molecule has 1 aliphatic carbocycles. The summed E-state index contributed by atoms with van der Waals surface area (Å²) in [5.74, 6) is -0.853. The van der Waals surface area contributed by atoms with Gasteiger partial charge in [0, 0.05) is 28.3 Å². The number of nitrogen functional groups attached to an aromatic ring is 1. The van der Waals surface area contributed by atoms with Crippen LogP contribution in [0.1, 0.15) is 36.2 Å². The Morgan fingerprint density at radius 3 is 2.63 bits per heavy atom. The van der Waals surface area contributed by atoms with Gasteiger partial charge in [0.05, 0.1) is 6.10 Å². The van der Waals surface area contributed by atoms with Crippen molar-refractivity contribution in [3.05, 3.63) is 29.1 Å². The fraction of sp³-hybridized carbons (Fsp3) is 0.500. The van der Waals surface area contributed by atoms with Crippen LogP contribution in [0.5, 0.6) is 0 Å². The summed E-state index contributed by atoms with van der Waals surface area (Å²) in [4.78, 5) is 12.0. The molecular formula is C14H19FN2O2. The highest BCUT2D eigenvalue weighted by atomic mass is 19.1. The van der Waals surface area contributed by atoms with Crippen molar-refractivity contribution >= 4 is 11.6 Å². The molecule has 1 fully saturated rings. The highest BCUT2D eigenvalue weighted by Crippen LogP contribution is 2.40. The van der Waals surface area contributed by atoms with E-state index in [1.54, 1.807) is 6.92 Å². The van der Waals surface area contributed by atoms with E-state index in [0.717, 1.165) is 0 Å². The maximum absolute atomic E-state index is 13.5. The zero-order valence-electron chi connectivity index (χ0n) is 11.3. The first-order valence-electron chi connectivity index (χ1n) is 6.28. The summed E-state index contributed by atoms with van der Waals surface area (Å²) in [6.45, 7) is 5.34. The van der Waals surface area contributed by atoms with Gasteiger partial charge < -0.3 is 16.2 Å². The van der Waals surface area contributed by atoms with Gasteiger partial charge in [-0.15, -0.1) is 0 Å². The van der Waals surface area contributed by atoms with Gasteiger partial charge in [0.2, 0.25) is 0 Å². The van der Waals surface area contributed by atoms with E-state index < -0.39 is 11.9 Å². The first kappa shape index (κ1) is 13.8. The van der Waals surface area contributed by atoms with Crippen molar-refractivity contribution in [2.75, 3.05) is 5.73 Å². The molecule has 0 spiro atoms. The highest BCUT2D eigenvalue weighted by molar-refractivity contribution is 5.95. The Balaban J connectivity index is 2.14. The summed E-state index contributed by atoms with van der Waals surface area (Å²) in [7, 11) is 0. The molecule has 19 heavy (non-hydrogen) atoms. The van der Waals surface area contributed by atoms with Crippen LogP contribution in [0.2, 0.25) is 0 Å². The minimum Gasteiger partial charge on any atom is -0.398 e. The molecule has 0 saturated heterocycles. The van der Waals surface area contributed by atoms with Crippen LogP contribution < -0.4 is 11.1 Å². The van der Waals surface area contributed by atoms with Gasteiger partial charge in [0.25, 0.3) is 5.91 Å². The van der Waals surface area contributed by atoms with Crippen LogP contribution in [-0.2, 0) is 0 Å². The summed E-state index contributed by atoms with van der Waals surface area (Å²) in [6, 6.07) is 2.54. The van der Waals surface area contributed by atoms with E-state index in [1.807, 2.05) is 13.8 Å². The van der Waals surface area contributed by atoms with Crippen LogP contribution in [0.3, 0.4) is 0 Å². The van der Waals surface area contributed by atoms with Gasteiger partial charge >= 0.3 is 0 Å². The number of aliphatic hydroxyl groups is 1. The lowest BCUT2D eigenvalue weighted by Gasteiger charge is -2.49. The number of carbonyl (C=O) groups is 1. The standard InChI is InChI=1S/C14H19FN2O2/c1-7-9(15)4-8(5-10(7)16)13(19)17-11-6-12(18)14(11,2)3/h4-5,11-12,18H,6,16H2,1-3H3,(H,17,19). The SMILES string of the molecule is Cc1c(N)cc(C(=O)NC2CC(O)C2(C)C)cc1F. The third kappa shape index (κ3) is 2.30. The number of anilines is 1. The second-order valence-corrected chi connectivity index (χ2v) is 5.77. The van der Waals surface area contributed by atoms with E-state index >= 15 is 0 Å². The molecule has 0 radical (unpaired) electrons. The van der Waals surface area contributed by atoms with Crippen LogP contribution >= 0.6 is 0 Å². The zero-order chi connectivity index (χ0) is 14.4. The monoisotopic (exact) mass is 266 g/mol. The minimum atomic E-state index is -0.488. The van der Waals surface area contributed by atoms with E-state index in [-0.39, 0.29) is 28.6 Å². The Bertz CT molecular complexity index is 505. The fourth-order valence-corrected chi connectivity index (χ4v) is 2.22. The zero-order valence-corrected chi connectivity index (χ0v) is 11.3. The van der Waals surface area contributed by atoms with Crippen molar-refractivity contribution in [3.63, 3.8) is 0 Å². The Hall–Kier alpha value is -1.62. The third-order valence-corrected chi connectivity index (χ3v) is 4.17. The normalized spacial score (nSPS) is 24.7. The predicted molar refractivity (Wildman–Crippen MR) is 71.2 cm³/mol. The molecule has 1 aliphatic rings. The number of rotatable bonds is 2. The van der Waals surface area contributed by atoms with E-state index in [1.165, 1.54) is 12.1 Å². The van der Waals surface area contributed by atoms with Gasteiger partial charge in [0.15, 0.2) is 0 Å². The van der Waals surface area contributed by atoms with Crippen LogP contribution in [-0.4, -0.2) is 23.2 Å². The van der Waals surface area contributed by atoms with Gasteiger partial charge in [-0.1, -0.05) is 13.8 Å². The average molecular weight is 266 g/mol. The number of carbonyl (C=O) groups excluding carboxylic acids is 1. The maximum atomic E-state index is 13.5. The van der Waals surface area contributed by atoms with E-state index in [9.17, 15) is 14.3 Å². The molecule has 4 nitrogen and oxygen atoms in total. The topological polar surface area (TPSA) is 75.4 Å². The molecular weight excluding hydrogens is 247 g/mol. The number of hydrogen-bond acceptors (Lipinski definition) is 3. The van der Waals surface area contributed by atoms with Gasteiger partial charge in [-0.2, -0.15) is 0 Å². The molecule has 0 aliphatic heterocycles. The maximum Gasteiger partial charge on any atom is 0.251 e. The fourth-order valence-electron chi connectivity index (χ4n) is 2.22. The summed E-state index contributed by atoms with van der Waals surface area (Å²) in [5, 5.41) is 12.4. The lowest BCUT2D eigenvalue weighted by atomic mass is 9.64. The Morgan fingerprint density at radius 1 is 1.53 bits per heavy atom. The molecule has 1 aromatic carbocycles. The third-order valence-electron chi connectivity index (χ3n) is 4.17. The number of aliphatic hydroxyl groups excluding tert-OH is 1. The van der Waals surface area contributed by atoms with Crippen molar-refractivity contribution < 1.29 is 14.3 Å². The van der Waals surface area contributed by atoms with Gasteiger partial charge in [-0.3, -0.25) is 4.79 Å². The molecule has 1 aromatic rings. The minimum absolute atomic E-state index is 0.111. The molecule has 5 heteroatoms. The first-order chi connectivity index (χ1) is 8.73. The van der Waals surface area contributed by atoms with Gasteiger partial charge in [-0.05, 0) is 25.5 Å². The van der Waals surface area contributed by atoms with Crippen molar-refractivity contribution in [2.45, 2.75) is 39.3 Å². The Morgan fingerprint density at radius 2 is 2.16 bits per heavy atom. The van der Waals surface area contributed by atoms with Crippen molar-refractivity contribution in [1.82, 2.24) is 5.32 Å². The van der Waals surface area contributed by atoms with E-state index in [4.69, 9.17) is 5.73 Å². The van der Waals surface area contributed by atoms with Crippen molar-refractivity contribution in [3.8, 4) is 0 Å². The van der Waals surface area contributed by atoms with Crippen LogP contribution in [0.25, 0.3) is 0 Å². The smallest absolute Gasteiger partial charge is 0.251 e. The van der Waals surface area contributed by atoms with Crippen molar-refractivity contribution in [1.29, 1.82) is 0 Å². The molecule has 2 atom stereocenters. The molecule has 0 aromatic heterocycles. The summed E-state index contributed by atoms with van der Waals surface area (Å²) < 4.78 is 13.5. The molecule has 2 unspecified atom stereocenters. The van der Waals surface area contributed by atoms with Crippen LogP contribution in [0.4, 0.5) is 10.1 Å². The second-order valence-electron chi connectivity index (χ2n) is 5.77. The summed E-state index contributed by atoms with van der Waals surface area (Å²) in [5.41, 5.74) is 6.11. The largest absolute Gasteiger partial charge is 0.398 e. The molecule has 104 valence electrons. The number of halogens is 1. The number of amides is 1. The lowest BCUT2D eigenvalue weighted by molar-refractivity contribution is -0.0689. The number of nitrogens with two attached hydrogens (primary N) is 1. The molecule has 0 heterocycles. The summed E-state index contributed by atoms with van der Waals surface area (Å²) in [6.07, 6.45) is 0.0976. The van der Waals surface area contributed by atoms with Gasteiger partial charge in [-0.25, -0.2) is 4.39 Å². The van der Waals surface area contributed by atoms with Crippen molar-refractivity contribution in [2.24, 2.45) is 5.41 Å². The first-order valence-corrected chi connectivity index (χ1v) is 6.28. The molecule has 2 rings (SSSR count). The predicted octanol–water partition coefficient (Wildman–Crippen LogP) is 1.61. The second kappa shape index (κ2) is 4.49. The van der Waals surface area contributed by atoms with Crippen LogP contribution in [0.15, 0.2) is 12.1 Å². The molecule has 1 amide bonds. The Kier molecular flexibility index (Phi) is 3.26. The molecule has 1 saturated carbocycles. The van der Waals surface area contributed by atoms with E-state index in [2.05, 4.69) is 5.32 Å². The Labute approximate surface area is 111 Å². The van der Waals surface area contributed by atoms with Crippen LogP contribution in [0, 0.1) is 18.2 Å². The van der Waals surface area contributed by atoms with Gasteiger partial charge in [0.1, 0.15) is 5.82 Å². The number of hydrogen-bond donors (Lipinski definition) is 3. The quantitative estimate of drug-likeness (QED) is 0.712. The molecule has 0 bridgehead atoms. The van der Waals surface area contributed by atoms with E-state index in [0.29, 0.717) is 12.0 Å². The lowest BCUT2D eigenvalue weighted by Crippen LogP contribution is -2.61.